The Labute approximate surface area is 188 Å². The van der Waals surface area contributed by atoms with E-state index in [2.05, 4.69) is 40.3 Å². The summed E-state index contributed by atoms with van der Waals surface area (Å²) in [5.41, 5.74) is 2.24. The number of anilines is 2. The van der Waals surface area contributed by atoms with Crippen molar-refractivity contribution in [3.63, 3.8) is 0 Å². The fraction of sp³-hybridized carbons (Fsp3) is 0.417. The Hall–Kier alpha value is -3.00. The van der Waals surface area contributed by atoms with E-state index in [4.69, 9.17) is 4.98 Å². The van der Waals surface area contributed by atoms with Crippen LogP contribution in [0.15, 0.2) is 37.2 Å². The summed E-state index contributed by atoms with van der Waals surface area (Å²) >= 11 is 0. The average Bonchev–Trinajstić information content (AvgIpc) is 2.83. The highest BCUT2D eigenvalue weighted by atomic mass is 19.1. The van der Waals surface area contributed by atoms with E-state index in [0.717, 1.165) is 37.6 Å². The number of allylic oxidation sites excluding steroid dienone is 2. The molecule has 0 atom stereocenters. The van der Waals surface area contributed by atoms with Crippen molar-refractivity contribution in [3.05, 3.63) is 65.6 Å². The maximum Gasteiger partial charge on any atom is 0.172 e. The second-order valence-corrected chi connectivity index (χ2v) is 8.34. The topological polar surface area (TPSA) is 56.3 Å². The van der Waals surface area contributed by atoms with Gasteiger partial charge in [0.05, 0.1) is 11.9 Å². The molecule has 6 nitrogen and oxygen atoms in total. The number of nitrogens with one attached hydrogen (secondary N) is 2. The predicted molar refractivity (Wildman–Crippen MR) is 124 cm³/mol. The first kappa shape index (κ1) is 22.2. The summed E-state index contributed by atoms with van der Waals surface area (Å²) < 4.78 is 28.5. The molecule has 32 heavy (non-hydrogen) atoms. The lowest BCUT2D eigenvalue weighted by molar-refractivity contribution is 0.264. The number of hydrogen-bond donors (Lipinski definition) is 2. The monoisotopic (exact) mass is 440 g/mol. The van der Waals surface area contributed by atoms with Gasteiger partial charge in [-0.15, -0.1) is 0 Å². The quantitative estimate of drug-likeness (QED) is 0.668. The number of nitrogens with zero attached hydrogens (tertiary/aromatic N) is 4. The van der Waals surface area contributed by atoms with Crippen molar-refractivity contribution in [3.8, 4) is 0 Å². The van der Waals surface area contributed by atoms with E-state index in [1.165, 1.54) is 6.07 Å². The molecule has 2 aliphatic rings. The molecule has 0 spiro atoms. The van der Waals surface area contributed by atoms with Crippen LogP contribution in [0.2, 0.25) is 0 Å². The molecule has 1 aromatic heterocycles. The first-order valence-corrected chi connectivity index (χ1v) is 11.0. The van der Waals surface area contributed by atoms with Gasteiger partial charge in [0.1, 0.15) is 11.6 Å². The van der Waals surface area contributed by atoms with E-state index in [1.807, 2.05) is 4.90 Å². The summed E-state index contributed by atoms with van der Waals surface area (Å²) in [6.45, 7) is 9.10. The molecule has 4 rings (SSSR count). The standard InChI is InChI=1S/C24H30F2N6/c1-4-17(14-31(3)18-7-9-27-10-8-18)22-13-29-23-24(30-22)32(12-11-28-23)15-19-16(2)20(25)5-6-21(19)26/h4-6,13-14,18,27H,1,7-12,15H2,2-3H3,(H,28,29)/b17-14+. The van der Waals surface area contributed by atoms with Crippen LogP contribution in [0.5, 0.6) is 0 Å². The van der Waals surface area contributed by atoms with Crippen LogP contribution < -0.4 is 15.5 Å². The smallest absolute Gasteiger partial charge is 0.172 e. The van der Waals surface area contributed by atoms with Crippen LogP contribution in [0.25, 0.3) is 5.57 Å². The highest BCUT2D eigenvalue weighted by Gasteiger charge is 2.23. The van der Waals surface area contributed by atoms with E-state index in [9.17, 15) is 8.78 Å². The lowest BCUT2D eigenvalue weighted by atomic mass is 10.1. The number of piperidine rings is 1. The maximum atomic E-state index is 14.5. The second-order valence-electron chi connectivity index (χ2n) is 8.34. The van der Waals surface area contributed by atoms with Gasteiger partial charge >= 0.3 is 0 Å². The van der Waals surface area contributed by atoms with Gasteiger partial charge in [-0.3, -0.25) is 0 Å². The minimum absolute atomic E-state index is 0.227. The maximum absolute atomic E-state index is 14.5. The molecule has 0 aliphatic carbocycles. The van der Waals surface area contributed by atoms with Crippen molar-refractivity contribution in [2.45, 2.75) is 32.4 Å². The molecular formula is C24H30F2N6. The third-order valence-electron chi connectivity index (χ3n) is 6.29. The van der Waals surface area contributed by atoms with Crippen LogP contribution in [0.4, 0.5) is 20.4 Å². The lowest BCUT2D eigenvalue weighted by Gasteiger charge is -2.32. The van der Waals surface area contributed by atoms with Crippen LogP contribution in [0.3, 0.4) is 0 Å². The SMILES string of the molecule is C=C/C(=C\N(C)C1CCNCC1)c1cnc2c(n1)N(Cc1c(F)ccc(F)c1C)CCN2. The van der Waals surface area contributed by atoms with Gasteiger partial charge in [0.15, 0.2) is 11.6 Å². The van der Waals surface area contributed by atoms with E-state index >= 15 is 0 Å². The van der Waals surface area contributed by atoms with Crippen molar-refractivity contribution >= 4 is 17.2 Å². The predicted octanol–water partition coefficient (Wildman–Crippen LogP) is 3.71. The number of rotatable bonds is 6. The molecule has 3 heterocycles. The molecule has 2 aliphatic heterocycles. The van der Waals surface area contributed by atoms with E-state index < -0.39 is 11.6 Å². The Kier molecular flexibility index (Phi) is 6.69. The highest BCUT2D eigenvalue weighted by molar-refractivity contribution is 5.74. The second kappa shape index (κ2) is 9.65. The normalized spacial score (nSPS) is 17.0. The van der Waals surface area contributed by atoms with Gasteiger partial charge < -0.3 is 20.4 Å². The van der Waals surface area contributed by atoms with E-state index in [-0.39, 0.29) is 6.54 Å². The van der Waals surface area contributed by atoms with Crippen LogP contribution in [0.1, 0.15) is 29.7 Å². The summed E-state index contributed by atoms with van der Waals surface area (Å²) in [6.07, 6.45) is 7.75. The van der Waals surface area contributed by atoms with Gasteiger partial charge in [-0.2, -0.15) is 0 Å². The zero-order valence-corrected chi connectivity index (χ0v) is 18.7. The zero-order valence-electron chi connectivity index (χ0n) is 18.7. The van der Waals surface area contributed by atoms with E-state index in [1.54, 1.807) is 19.2 Å². The fourth-order valence-corrected chi connectivity index (χ4v) is 4.28. The zero-order chi connectivity index (χ0) is 22.7. The molecule has 2 N–H and O–H groups in total. The number of benzene rings is 1. The third kappa shape index (κ3) is 4.60. The molecular weight excluding hydrogens is 410 g/mol. The molecule has 0 amide bonds. The van der Waals surface area contributed by atoms with Gasteiger partial charge in [-0.05, 0) is 50.6 Å². The minimum atomic E-state index is -0.414. The summed E-state index contributed by atoms with van der Waals surface area (Å²) in [5, 5.41) is 6.64. The molecule has 2 aromatic rings. The number of fused-ring (bicyclic) bond motifs is 1. The van der Waals surface area contributed by atoms with Gasteiger partial charge in [-0.1, -0.05) is 12.7 Å². The van der Waals surface area contributed by atoms with Crippen LogP contribution in [-0.4, -0.2) is 54.1 Å². The van der Waals surface area contributed by atoms with E-state index in [0.29, 0.717) is 47.6 Å². The summed E-state index contributed by atoms with van der Waals surface area (Å²) in [7, 11) is 2.08. The summed E-state index contributed by atoms with van der Waals surface area (Å²) in [5.74, 6) is 0.455. The summed E-state index contributed by atoms with van der Waals surface area (Å²) in [6, 6.07) is 2.81. The first-order valence-electron chi connectivity index (χ1n) is 11.0. The van der Waals surface area contributed by atoms with Crippen molar-refractivity contribution in [1.82, 2.24) is 20.2 Å². The Morgan fingerprint density at radius 1 is 1.25 bits per heavy atom. The molecule has 0 radical (unpaired) electrons. The van der Waals surface area contributed by atoms with Gasteiger partial charge in [0.25, 0.3) is 0 Å². The molecule has 8 heteroatoms. The molecule has 0 bridgehead atoms. The third-order valence-corrected chi connectivity index (χ3v) is 6.29. The van der Waals surface area contributed by atoms with Crippen LogP contribution in [0, 0.1) is 18.6 Å². The van der Waals surface area contributed by atoms with Crippen molar-refractivity contribution in [2.75, 3.05) is 43.4 Å². The Balaban J connectivity index is 1.63. The molecule has 1 saturated heterocycles. The Morgan fingerprint density at radius 3 is 2.75 bits per heavy atom. The average molecular weight is 441 g/mol. The number of aromatic nitrogens is 2. The van der Waals surface area contributed by atoms with Crippen LogP contribution >= 0.6 is 0 Å². The first-order chi connectivity index (χ1) is 15.5. The Morgan fingerprint density at radius 2 is 2.00 bits per heavy atom. The number of hydrogen-bond acceptors (Lipinski definition) is 6. The van der Waals surface area contributed by atoms with Gasteiger partial charge in [0.2, 0.25) is 0 Å². The highest BCUT2D eigenvalue weighted by Crippen LogP contribution is 2.30. The van der Waals surface area contributed by atoms with Crippen LogP contribution in [-0.2, 0) is 6.54 Å². The Bertz CT molecular complexity index is 1020. The molecule has 1 aromatic carbocycles. The van der Waals surface area contributed by atoms with Gasteiger partial charge in [-0.25, -0.2) is 18.7 Å². The molecule has 0 saturated carbocycles. The lowest BCUT2D eigenvalue weighted by Crippen LogP contribution is -2.38. The molecule has 1 fully saturated rings. The largest absolute Gasteiger partial charge is 0.377 e. The number of halogens is 2. The van der Waals surface area contributed by atoms with Crippen molar-refractivity contribution < 1.29 is 8.78 Å². The van der Waals surface area contributed by atoms with Gasteiger partial charge in [0, 0.05) is 50.1 Å². The van der Waals surface area contributed by atoms with Crippen molar-refractivity contribution in [1.29, 1.82) is 0 Å². The molecule has 170 valence electrons. The fourth-order valence-electron chi connectivity index (χ4n) is 4.28. The van der Waals surface area contributed by atoms with Crippen molar-refractivity contribution in [2.24, 2.45) is 0 Å². The molecule has 0 unspecified atom stereocenters. The summed E-state index contributed by atoms with van der Waals surface area (Å²) in [4.78, 5) is 13.6. The minimum Gasteiger partial charge on any atom is -0.377 e.